The number of carbonyl (C=O) groups is 2. The Balaban J connectivity index is 4.72. The SMILES string of the molecule is CC/C=C/C/C=C/CCCCCCCCCC(=O)OC(CCC/C=C\C/C=C\C/C=C\C/C=C\CCCCC)CC(=O)NC(CO)C(O)CCCCCCCCCCC. The van der Waals surface area contributed by atoms with E-state index in [1.165, 1.54) is 89.9 Å². The number of hydrogen-bond acceptors (Lipinski definition) is 5. The summed E-state index contributed by atoms with van der Waals surface area (Å²) in [5.74, 6) is -0.542. The zero-order chi connectivity index (χ0) is 43.1. The highest BCUT2D eigenvalue weighted by atomic mass is 16.5. The van der Waals surface area contributed by atoms with E-state index in [0.29, 0.717) is 19.3 Å². The minimum atomic E-state index is -0.804. The number of amides is 1. The van der Waals surface area contributed by atoms with Gasteiger partial charge in [-0.15, -0.1) is 0 Å². The normalized spacial score (nSPS) is 13.9. The molecule has 0 rings (SSSR count). The van der Waals surface area contributed by atoms with Crippen LogP contribution in [0.4, 0.5) is 0 Å². The first-order valence-corrected chi connectivity index (χ1v) is 24.7. The molecule has 3 N–H and O–H groups in total. The molecule has 0 spiro atoms. The molecule has 0 radical (unpaired) electrons. The van der Waals surface area contributed by atoms with Gasteiger partial charge in [-0.2, -0.15) is 0 Å². The highest BCUT2D eigenvalue weighted by Crippen LogP contribution is 2.16. The van der Waals surface area contributed by atoms with Gasteiger partial charge in [0.15, 0.2) is 0 Å². The standard InChI is InChI=1S/C53H93NO5/c1-4-7-10-13-16-19-21-23-25-26-27-28-30-33-35-38-41-44-49(59-53(58)46-43-40-37-34-31-29-24-22-20-17-14-11-8-5-2)47-52(57)54-50(48-55)51(56)45-42-39-36-32-18-15-12-9-6-3/h8,11,16-17,19-20,23,25,27-28,33,35,49-51,55-56H,4-7,9-10,12-15,18,21-22,24,26,29-32,34,36-48H2,1-3H3,(H,54,57)/b11-8+,19-16-,20-17+,25-23-,28-27-,35-33-. The van der Waals surface area contributed by atoms with Gasteiger partial charge in [-0.25, -0.2) is 0 Å². The first kappa shape index (κ1) is 56.3. The second-order valence-corrected chi connectivity index (χ2v) is 16.5. The number of nitrogens with one attached hydrogen (secondary N) is 1. The summed E-state index contributed by atoms with van der Waals surface area (Å²) in [7, 11) is 0. The molecular formula is C53H93NO5. The summed E-state index contributed by atoms with van der Waals surface area (Å²) in [6.07, 6.45) is 58.2. The molecular weight excluding hydrogens is 731 g/mol. The van der Waals surface area contributed by atoms with E-state index in [1.807, 2.05) is 0 Å². The Morgan fingerprint density at radius 2 is 0.932 bits per heavy atom. The van der Waals surface area contributed by atoms with Crippen LogP contribution in [-0.2, 0) is 14.3 Å². The highest BCUT2D eigenvalue weighted by molar-refractivity contribution is 5.77. The van der Waals surface area contributed by atoms with Crippen molar-refractivity contribution in [2.45, 2.75) is 244 Å². The number of esters is 1. The van der Waals surface area contributed by atoms with Crippen LogP contribution in [0.5, 0.6) is 0 Å². The van der Waals surface area contributed by atoms with E-state index in [2.05, 4.69) is 99.0 Å². The molecule has 0 fully saturated rings. The van der Waals surface area contributed by atoms with E-state index < -0.39 is 18.2 Å². The van der Waals surface area contributed by atoms with Gasteiger partial charge in [-0.3, -0.25) is 9.59 Å². The maximum Gasteiger partial charge on any atom is 0.306 e. The molecule has 3 unspecified atom stereocenters. The van der Waals surface area contributed by atoms with E-state index in [1.54, 1.807) is 0 Å². The van der Waals surface area contributed by atoms with Crippen molar-refractivity contribution in [3.05, 3.63) is 72.9 Å². The molecule has 1 amide bonds. The van der Waals surface area contributed by atoms with Gasteiger partial charge >= 0.3 is 5.97 Å². The first-order chi connectivity index (χ1) is 29.0. The Labute approximate surface area is 364 Å². The zero-order valence-electron chi connectivity index (χ0n) is 38.6. The molecule has 0 aromatic heterocycles. The molecule has 0 aromatic rings. The molecule has 6 nitrogen and oxygen atoms in total. The topological polar surface area (TPSA) is 95.9 Å². The predicted octanol–water partition coefficient (Wildman–Crippen LogP) is 14.6. The van der Waals surface area contributed by atoms with Crippen molar-refractivity contribution >= 4 is 11.9 Å². The van der Waals surface area contributed by atoms with Crippen LogP contribution in [0.15, 0.2) is 72.9 Å². The number of carbonyl (C=O) groups excluding carboxylic acids is 2. The lowest BCUT2D eigenvalue weighted by Gasteiger charge is -2.24. The van der Waals surface area contributed by atoms with Gasteiger partial charge in [0.25, 0.3) is 0 Å². The van der Waals surface area contributed by atoms with Crippen molar-refractivity contribution in [3.8, 4) is 0 Å². The van der Waals surface area contributed by atoms with E-state index in [0.717, 1.165) is 89.9 Å². The summed E-state index contributed by atoms with van der Waals surface area (Å²) in [6.45, 7) is 6.30. The largest absolute Gasteiger partial charge is 0.462 e. The predicted molar refractivity (Wildman–Crippen MR) is 255 cm³/mol. The third kappa shape index (κ3) is 41.8. The maximum atomic E-state index is 13.2. The zero-order valence-corrected chi connectivity index (χ0v) is 38.6. The molecule has 0 saturated carbocycles. The monoisotopic (exact) mass is 824 g/mol. The molecule has 0 bridgehead atoms. The van der Waals surface area contributed by atoms with Crippen molar-refractivity contribution in [3.63, 3.8) is 0 Å². The molecule has 0 heterocycles. The Kier molecular flexibility index (Phi) is 44.2. The third-order valence-corrected chi connectivity index (χ3v) is 10.8. The first-order valence-electron chi connectivity index (χ1n) is 24.7. The average Bonchev–Trinajstić information content (AvgIpc) is 3.23. The minimum absolute atomic E-state index is 0.0340. The fourth-order valence-corrected chi connectivity index (χ4v) is 7.04. The molecule has 0 aliphatic rings. The summed E-state index contributed by atoms with van der Waals surface area (Å²) in [4.78, 5) is 26.1. The van der Waals surface area contributed by atoms with Crippen LogP contribution in [0.1, 0.15) is 226 Å². The van der Waals surface area contributed by atoms with Gasteiger partial charge in [0.05, 0.1) is 25.2 Å². The molecule has 0 aliphatic carbocycles. The lowest BCUT2D eigenvalue weighted by Crippen LogP contribution is -2.46. The second-order valence-electron chi connectivity index (χ2n) is 16.5. The Morgan fingerprint density at radius 3 is 1.46 bits per heavy atom. The van der Waals surface area contributed by atoms with Crippen molar-refractivity contribution < 1.29 is 24.5 Å². The van der Waals surface area contributed by atoms with Gasteiger partial charge in [-0.05, 0) is 89.9 Å². The summed E-state index contributed by atoms with van der Waals surface area (Å²) in [5, 5.41) is 23.6. The number of unbranched alkanes of at least 4 members (excludes halogenated alkanes) is 19. The van der Waals surface area contributed by atoms with E-state index in [9.17, 15) is 19.8 Å². The third-order valence-electron chi connectivity index (χ3n) is 10.8. The maximum absolute atomic E-state index is 13.2. The number of aliphatic hydroxyl groups is 2. The van der Waals surface area contributed by atoms with Gasteiger partial charge in [0, 0.05) is 6.42 Å². The van der Waals surface area contributed by atoms with E-state index >= 15 is 0 Å². The smallest absolute Gasteiger partial charge is 0.306 e. The lowest BCUT2D eigenvalue weighted by atomic mass is 10.0. The Morgan fingerprint density at radius 1 is 0.508 bits per heavy atom. The van der Waals surface area contributed by atoms with Crippen LogP contribution in [-0.4, -0.2) is 46.9 Å². The molecule has 0 aliphatic heterocycles. The van der Waals surface area contributed by atoms with Gasteiger partial charge in [0.1, 0.15) is 6.10 Å². The Bertz CT molecular complexity index is 1110. The highest BCUT2D eigenvalue weighted by Gasteiger charge is 2.24. The van der Waals surface area contributed by atoms with Crippen molar-refractivity contribution in [2.75, 3.05) is 6.61 Å². The molecule has 0 aromatic carbocycles. The second kappa shape index (κ2) is 46.4. The van der Waals surface area contributed by atoms with Crippen molar-refractivity contribution in [1.82, 2.24) is 5.32 Å². The van der Waals surface area contributed by atoms with Crippen LogP contribution < -0.4 is 5.32 Å². The van der Waals surface area contributed by atoms with Crippen LogP contribution in [0.3, 0.4) is 0 Å². The number of hydrogen-bond donors (Lipinski definition) is 3. The summed E-state index contributed by atoms with van der Waals surface area (Å²) < 4.78 is 5.89. The van der Waals surface area contributed by atoms with Gasteiger partial charge < -0.3 is 20.3 Å². The molecule has 59 heavy (non-hydrogen) atoms. The average molecular weight is 824 g/mol. The van der Waals surface area contributed by atoms with Gasteiger partial charge in [0.2, 0.25) is 5.91 Å². The van der Waals surface area contributed by atoms with E-state index in [4.69, 9.17) is 4.74 Å². The van der Waals surface area contributed by atoms with Crippen LogP contribution in [0, 0.1) is 0 Å². The minimum Gasteiger partial charge on any atom is -0.462 e. The van der Waals surface area contributed by atoms with E-state index in [-0.39, 0.29) is 24.9 Å². The van der Waals surface area contributed by atoms with Crippen LogP contribution in [0.2, 0.25) is 0 Å². The van der Waals surface area contributed by atoms with Gasteiger partial charge in [-0.1, -0.05) is 196 Å². The quantitative estimate of drug-likeness (QED) is 0.0323. The number of aliphatic hydroxyl groups excluding tert-OH is 2. The number of rotatable bonds is 43. The molecule has 6 heteroatoms. The Hall–Kier alpha value is -2.70. The summed E-state index contributed by atoms with van der Waals surface area (Å²) in [5.41, 5.74) is 0. The number of ether oxygens (including phenoxy) is 1. The molecule has 340 valence electrons. The summed E-state index contributed by atoms with van der Waals surface area (Å²) in [6, 6.07) is -0.721. The number of allylic oxidation sites excluding steroid dienone is 12. The lowest BCUT2D eigenvalue weighted by molar-refractivity contribution is -0.151. The van der Waals surface area contributed by atoms with Crippen LogP contribution >= 0.6 is 0 Å². The van der Waals surface area contributed by atoms with Crippen LogP contribution in [0.25, 0.3) is 0 Å². The summed E-state index contributed by atoms with van der Waals surface area (Å²) >= 11 is 0. The fraction of sp³-hybridized carbons (Fsp3) is 0.736. The van der Waals surface area contributed by atoms with Crippen molar-refractivity contribution in [1.29, 1.82) is 0 Å². The van der Waals surface area contributed by atoms with Crippen molar-refractivity contribution in [2.24, 2.45) is 0 Å². The molecule has 3 atom stereocenters. The molecule has 0 saturated heterocycles. The fourth-order valence-electron chi connectivity index (χ4n) is 7.04.